The molecule has 1 fully saturated rings. The van der Waals surface area contributed by atoms with Crippen LogP contribution in [-0.4, -0.2) is 90.3 Å². The van der Waals surface area contributed by atoms with E-state index in [1.165, 1.54) is 0 Å². The van der Waals surface area contributed by atoms with Crippen LogP contribution in [0.5, 0.6) is 0 Å². The second kappa shape index (κ2) is 13.3. The van der Waals surface area contributed by atoms with Crippen LogP contribution in [-0.2, 0) is 38.1 Å². The highest BCUT2D eigenvalue weighted by atomic mass is 16.6. The number of amides is 2. The van der Waals surface area contributed by atoms with Gasteiger partial charge in [0.2, 0.25) is 0 Å². The topological polar surface area (TPSA) is 146 Å². The largest absolute Gasteiger partial charge is 0.451 e. The molecule has 0 radical (unpaired) electrons. The molecule has 192 valence electrons. The Kier molecular flexibility index (Phi) is 11.5. The summed E-state index contributed by atoms with van der Waals surface area (Å²) in [6, 6.07) is -0.650. The number of ketones is 2. The molecule has 0 unspecified atom stereocenters. The minimum atomic E-state index is -1.71. The Labute approximate surface area is 199 Å². The number of aliphatic hydroxyl groups is 1. The molecule has 1 aliphatic heterocycles. The summed E-state index contributed by atoms with van der Waals surface area (Å²) in [5, 5.41) is 8.65. The van der Waals surface area contributed by atoms with Crippen LogP contribution in [0, 0.1) is 5.92 Å². The molecule has 3 atom stereocenters. The lowest BCUT2D eigenvalue weighted by molar-refractivity contribution is -0.166. The second-order valence-corrected chi connectivity index (χ2v) is 8.70. The SMILES string of the molecule is CO[C@H](C(=O)N1C(=O)OC(C)(C)[C@@H]1C(C)C)[C@H](OC(C)=O)C(=O)C=CC(=O)CCCOCCO. The van der Waals surface area contributed by atoms with Gasteiger partial charge in [0.15, 0.2) is 23.8 Å². The average Bonchev–Trinajstić information content (AvgIpc) is 2.99. The molecule has 0 bridgehead atoms. The van der Waals surface area contributed by atoms with Crippen molar-refractivity contribution in [2.24, 2.45) is 5.92 Å². The number of allylic oxidation sites excluding steroid dienone is 1. The van der Waals surface area contributed by atoms with Gasteiger partial charge in [-0.15, -0.1) is 0 Å². The normalized spacial score (nSPS) is 19.2. The Bertz CT molecular complexity index is 789. The monoisotopic (exact) mass is 485 g/mol. The molecule has 34 heavy (non-hydrogen) atoms. The van der Waals surface area contributed by atoms with Crippen molar-refractivity contribution in [2.75, 3.05) is 26.9 Å². The van der Waals surface area contributed by atoms with Crippen LogP contribution >= 0.6 is 0 Å². The molecule has 1 saturated heterocycles. The standard InChI is InChI=1S/C23H35NO10/c1-14(2)20-23(4,5)34-22(30)24(20)21(29)19(31-6)18(33-15(3)26)17(28)10-9-16(27)8-7-12-32-13-11-25/h9-10,14,18-20,25H,7-8,11-13H2,1-6H3/t18-,19+,20+/m1/s1. The quantitative estimate of drug-likeness (QED) is 0.216. The van der Waals surface area contributed by atoms with E-state index in [2.05, 4.69) is 0 Å². The molecule has 0 aliphatic carbocycles. The van der Waals surface area contributed by atoms with Gasteiger partial charge < -0.3 is 24.1 Å². The summed E-state index contributed by atoms with van der Waals surface area (Å²) in [5.74, 6) is -3.15. The van der Waals surface area contributed by atoms with E-state index >= 15 is 0 Å². The van der Waals surface area contributed by atoms with Crippen LogP contribution in [0.15, 0.2) is 12.2 Å². The van der Waals surface area contributed by atoms with Crippen molar-refractivity contribution < 1.29 is 48.0 Å². The fourth-order valence-corrected chi connectivity index (χ4v) is 3.89. The highest BCUT2D eigenvalue weighted by Crippen LogP contribution is 2.35. The van der Waals surface area contributed by atoms with E-state index in [9.17, 15) is 24.0 Å². The van der Waals surface area contributed by atoms with E-state index in [4.69, 9.17) is 24.1 Å². The Hall–Kier alpha value is -2.63. The third kappa shape index (κ3) is 8.00. The van der Waals surface area contributed by atoms with Crippen LogP contribution in [0.1, 0.15) is 47.5 Å². The maximum Gasteiger partial charge on any atom is 0.417 e. The number of hydrogen-bond acceptors (Lipinski definition) is 10. The van der Waals surface area contributed by atoms with Gasteiger partial charge in [-0.3, -0.25) is 19.2 Å². The number of hydrogen-bond donors (Lipinski definition) is 1. The van der Waals surface area contributed by atoms with Gasteiger partial charge in [0, 0.05) is 27.1 Å². The molecule has 0 aromatic carbocycles. The van der Waals surface area contributed by atoms with Crippen molar-refractivity contribution in [1.82, 2.24) is 4.90 Å². The van der Waals surface area contributed by atoms with Crippen molar-refractivity contribution >= 4 is 29.5 Å². The molecular weight excluding hydrogens is 450 g/mol. The molecule has 1 N–H and O–H groups in total. The van der Waals surface area contributed by atoms with Crippen molar-refractivity contribution in [3.63, 3.8) is 0 Å². The summed E-state index contributed by atoms with van der Waals surface area (Å²) in [7, 11) is 1.14. The summed E-state index contributed by atoms with van der Waals surface area (Å²) < 4.78 is 20.7. The number of esters is 1. The van der Waals surface area contributed by atoms with Gasteiger partial charge in [-0.2, -0.15) is 0 Å². The number of carbonyl (C=O) groups is 5. The van der Waals surface area contributed by atoms with Crippen LogP contribution in [0.2, 0.25) is 0 Å². The van der Waals surface area contributed by atoms with Crippen molar-refractivity contribution in [3.8, 4) is 0 Å². The van der Waals surface area contributed by atoms with Crippen LogP contribution in [0.3, 0.4) is 0 Å². The van der Waals surface area contributed by atoms with Crippen LogP contribution < -0.4 is 0 Å². The molecule has 1 aliphatic rings. The zero-order valence-electron chi connectivity index (χ0n) is 20.6. The molecule has 0 spiro atoms. The number of aliphatic hydroxyl groups excluding tert-OH is 1. The molecule has 2 amide bonds. The number of methoxy groups -OCH3 is 1. The number of rotatable bonds is 14. The predicted octanol–water partition coefficient (Wildman–Crippen LogP) is 1.20. The van der Waals surface area contributed by atoms with Crippen molar-refractivity contribution in [3.05, 3.63) is 12.2 Å². The molecule has 11 heteroatoms. The zero-order chi connectivity index (χ0) is 26.1. The smallest absolute Gasteiger partial charge is 0.417 e. The summed E-state index contributed by atoms with van der Waals surface area (Å²) in [4.78, 5) is 63.2. The molecule has 0 aromatic rings. The highest BCUT2D eigenvalue weighted by molar-refractivity contribution is 6.05. The molecule has 1 rings (SSSR count). The van der Waals surface area contributed by atoms with E-state index in [1.54, 1.807) is 13.8 Å². The molecular formula is C23H35NO10. The van der Waals surface area contributed by atoms with Crippen molar-refractivity contribution in [1.29, 1.82) is 0 Å². The number of carbonyl (C=O) groups excluding carboxylic acids is 5. The predicted molar refractivity (Wildman–Crippen MR) is 119 cm³/mol. The number of imide groups is 1. The van der Waals surface area contributed by atoms with E-state index in [0.29, 0.717) is 6.42 Å². The Balaban J connectivity index is 3.04. The first-order valence-electron chi connectivity index (χ1n) is 11.1. The van der Waals surface area contributed by atoms with E-state index in [-0.39, 0.29) is 37.9 Å². The lowest BCUT2D eigenvalue weighted by Crippen LogP contribution is -2.55. The average molecular weight is 486 g/mol. The first kappa shape index (κ1) is 29.4. The van der Waals surface area contributed by atoms with Crippen LogP contribution in [0.4, 0.5) is 4.79 Å². The van der Waals surface area contributed by atoms with E-state index < -0.39 is 47.6 Å². The van der Waals surface area contributed by atoms with E-state index in [0.717, 1.165) is 31.1 Å². The third-order valence-electron chi connectivity index (χ3n) is 5.13. The molecule has 1 heterocycles. The second-order valence-electron chi connectivity index (χ2n) is 8.70. The lowest BCUT2D eigenvalue weighted by Gasteiger charge is -2.33. The maximum absolute atomic E-state index is 13.3. The summed E-state index contributed by atoms with van der Waals surface area (Å²) in [5.41, 5.74) is -0.979. The van der Waals surface area contributed by atoms with Gasteiger partial charge in [-0.25, -0.2) is 9.69 Å². The number of ether oxygens (including phenoxy) is 4. The Morgan fingerprint density at radius 3 is 2.32 bits per heavy atom. The molecule has 0 saturated carbocycles. The number of nitrogens with zero attached hydrogens (tertiary/aromatic N) is 1. The maximum atomic E-state index is 13.3. The minimum absolute atomic E-state index is 0.0881. The van der Waals surface area contributed by atoms with E-state index in [1.807, 2.05) is 13.8 Å². The Morgan fingerprint density at radius 1 is 1.15 bits per heavy atom. The highest BCUT2D eigenvalue weighted by Gasteiger charge is 2.54. The summed E-state index contributed by atoms with van der Waals surface area (Å²) in [6.07, 6.45) is -1.83. The van der Waals surface area contributed by atoms with Gasteiger partial charge in [-0.05, 0) is 38.3 Å². The first-order chi connectivity index (χ1) is 15.9. The summed E-state index contributed by atoms with van der Waals surface area (Å²) in [6.45, 7) is 8.34. The molecule has 0 aromatic heterocycles. The summed E-state index contributed by atoms with van der Waals surface area (Å²) >= 11 is 0. The Morgan fingerprint density at radius 2 is 1.79 bits per heavy atom. The molecule has 11 nitrogen and oxygen atoms in total. The van der Waals surface area contributed by atoms with Gasteiger partial charge in [0.1, 0.15) is 5.60 Å². The first-order valence-corrected chi connectivity index (χ1v) is 11.1. The van der Waals surface area contributed by atoms with Gasteiger partial charge in [-0.1, -0.05) is 13.8 Å². The lowest BCUT2D eigenvalue weighted by atomic mass is 9.88. The van der Waals surface area contributed by atoms with Gasteiger partial charge in [0.25, 0.3) is 5.91 Å². The zero-order valence-corrected chi connectivity index (χ0v) is 20.6. The van der Waals surface area contributed by atoms with Gasteiger partial charge in [0.05, 0.1) is 19.3 Å². The van der Waals surface area contributed by atoms with Crippen molar-refractivity contribution in [2.45, 2.75) is 71.3 Å². The fourth-order valence-electron chi connectivity index (χ4n) is 3.89. The third-order valence-corrected chi connectivity index (χ3v) is 5.13. The van der Waals surface area contributed by atoms with Crippen LogP contribution in [0.25, 0.3) is 0 Å². The minimum Gasteiger partial charge on any atom is -0.451 e. The number of cyclic esters (lactones) is 1. The fraction of sp³-hybridized carbons (Fsp3) is 0.696. The van der Waals surface area contributed by atoms with Gasteiger partial charge >= 0.3 is 12.1 Å².